The highest BCUT2D eigenvalue weighted by Gasteiger charge is 2.17. The Hall–Kier alpha value is -2.67. The molecule has 1 saturated heterocycles. The highest BCUT2D eigenvalue weighted by atomic mass is 16.5. The van der Waals surface area contributed by atoms with Gasteiger partial charge in [-0.05, 0) is 44.9 Å². The Labute approximate surface area is 153 Å². The lowest BCUT2D eigenvalue weighted by atomic mass is 10.2. The summed E-state index contributed by atoms with van der Waals surface area (Å²) in [6.07, 6.45) is 2.28. The molecule has 7 nitrogen and oxygen atoms in total. The van der Waals surface area contributed by atoms with Crippen LogP contribution in [0.25, 0.3) is 0 Å². The molecule has 138 valence electrons. The number of nitrogens with zero attached hydrogens (tertiary/aromatic N) is 2. The molecule has 0 aliphatic carbocycles. The van der Waals surface area contributed by atoms with Crippen LogP contribution in [0.3, 0.4) is 0 Å². The average Bonchev–Trinajstić information content (AvgIpc) is 3.15. The Morgan fingerprint density at radius 1 is 1.35 bits per heavy atom. The molecule has 1 aromatic carbocycles. The number of carbonyl (C=O) groups excluding carboxylic acids is 1. The molecule has 1 aliphatic heterocycles. The van der Waals surface area contributed by atoms with E-state index in [0.717, 1.165) is 25.1 Å². The maximum Gasteiger partial charge on any atom is 0.274 e. The maximum atomic E-state index is 12.6. The van der Waals surface area contributed by atoms with Crippen LogP contribution in [0.2, 0.25) is 0 Å². The number of hydrogen-bond acceptors (Lipinski definition) is 6. The van der Waals surface area contributed by atoms with Gasteiger partial charge in [0, 0.05) is 18.8 Å². The van der Waals surface area contributed by atoms with E-state index < -0.39 is 0 Å². The summed E-state index contributed by atoms with van der Waals surface area (Å²) in [5, 5.41) is 6.02. The topological polar surface area (TPSA) is 85.4 Å². The largest absolute Gasteiger partial charge is 0.492 e. The van der Waals surface area contributed by atoms with Crippen LogP contribution in [0.1, 0.15) is 35.9 Å². The minimum Gasteiger partial charge on any atom is -0.492 e. The number of carbonyl (C=O) groups is 1. The summed E-state index contributed by atoms with van der Waals surface area (Å²) in [6, 6.07) is 8.99. The summed E-state index contributed by atoms with van der Waals surface area (Å²) in [5.41, 5.74) is 1.64. The second-order valence-electron chi connectivity index (χ2n) is 6.12. The van der Waals surface area contributed by atoms with Crippen LogP contribution in [-0.4, -0.2) is 41.7 Å². The predicted octanol–water partition coefficient (Wildman–Crippen LogP) is 3.03. The number of amides is 1. The molecule has 2 heterocycles. The Morgan fingerprint density at radius 3 is 2.96 bits per heavy atom. The van der Waals surface area contributed by atoms with Crippen molar-refractivity contribution in [3.63, 3.8) is 0 Å². The Kier molecular flexibility index (Phi) is 6.01. The molecule has 1 amide bonds. The van der Waals surface area contributed by atoms with Gasteiger partial charge in [0.05, 0.1) is 18.4 Å². The molecule has 3 rings (SSSR count). The number of ether oxygens (including phenoxy) is 2. The van der Waals surface area contributed by atoms with E-state index in [-0.39, 0.29) is 12.0 Å². The van der Waals surface area contributed by atoms with E-state index in [2.05, 4.69) is 20.6 Å². The van der Waals surface area contributed by atoms with Crippen molar-refractivity contribution < 1.29 is 14.3 Å². The zero-order valence-corrected chi connectivity index (χ0v) is 15.1. The fourth-order valence-electron chi connectivity index (χ4n) is 2.81. The molecule has 1 atom stereocenters. The Balaban J connectivity index is 1.70. The normalized spacial score (nSPS) is 16.3. The van der Waals surface area contributed by atoms with E-state index in [1.54, 1.807) is 12.1 Å². The number of rotatable bonds is 7. The van der Waals surface area contributed by atoms with Crippen LogP contribution >= 0.6 is 0 Å². The smallest absolute Gasteiger partial charge is 0.274 e. The first-order valence-corrected chi connectivity index (χ1v) is 8.90. The molecule has 1 unspecified atom stereocenters. The van der Waals surface area contributed by atoms with Gasteiger partial charge in [0.2, 0.25) is 5.95 Å². The van der Waals surface area contributed by atoms with Crippen molar-refractivity contribution in [1.82, 2.24) is 9.97 Å². The van der Waals surface area contributed by atoms with Crippen molar-refractivity contribution >= 4 is 17.5 Å². The lowest BCUT2D eigenvalue weighted by Crippen LogP contribution is -2.21. The van der Waals surface area contributed by atoms with E-state index in [9.17, 15) is 4.79 Å². The molecule has 26 heavy (non-hydrogen) atoms. The van der Waals surface area contributed by atoms with Gasteiger partial charge in [0.15, 0.2) is 0 Å². The number of anilines is 2. The average molecular weight is 356 g/mol. The third-order valence-corrected chi connectivity index (χ3v) is 4.03. The Morgan fingerprint density at radius 2 is 2.19 bits per heavy atom. The fourth-order valence-corrected chi connectivity index (χ4v) is 2.81. The van der Waals surface area contributed by atoms with Gasteiger partial charge in [-0.15, -0.1) is 0 Å². The zero-order chi connectivity index (χ0) is 18.4. The van der Waals surface area contributed by atoms with Gasteiger partial charge < -0.3 is 20.1 Å². The fraction of sp³-hybridized carbons (Fsp3) is 0.421. The third kappa shape index (κ3) is 4.70. The molecule has 2 aromatic rings. The predicted molar refractivity (Wildman–Crippen MR) is 99.8 cm³/mol. The van der Waals surface area contributed by atoms with E-state index >= 15 is 0 Å². The molecule has 1 aromatic heterocycles. The molecular formula is C19H24N4O3. The van der Waals surface area contributed by atoms with Gasteiger partial charge in [-0.2, -0.15) is 0 Å². The van der Waals surface area contributed by atoms with Crippen molar-refractivity contribution in [3.05, 3.63) is 41.7 Å². The van der Waals surface area contributed by atoms with Crippen molar-refractivity contribution in [2.75, 3.05) is 30.4 Å². The molecular weight excluding hydrogens is 332 g/mol. The van der Waals surface area contributed by atoms with Crippen molar-refractivity contribution in [3.8, 4) is 5.75 Å². The van der Waals surface area contributed by atoms with Crippen LogP contribution in [-0.2, 0) is 4.74 Å². The highest BCUT2D eigenvalue weighted by molar-refractivity contribution is 6.03. The van der Waals surface area contributed by atoms with E-state index in [1.165, 1.54) is 0 Å². The van der Waals surface area contributed by atoms with Crippen molar-refractivity contribution in [2.24, 2.45) is 0 Å². The molecule has 0 spiro atoms. The van der Waals surface area contributed by atoms with Crippen molar-refractivity contribution in [2.45, 2.75) is 32.8 Å². The molecule has 1 fully saturated rings. The van der Waals surface area contributed by atoms with Gasteiger partial charge >= 0.3 is 0 Å². The van der Waals surface area contributed by atoms with Crippen LogP contribution in [0.5, 0.6) is 5.75 Å². The second kappa shape index (κ2) is 8.62. The Bertz CT molecular complexity index is 760. The molecule has 2 N–H and O–H groups in total. The van der Waals surface area contributed by atoms with Gasteiger partial charge in [-0.3, -0.25) is 4.79 Å². The number of benzene rings is 1. The first kappa shape index (κ1) is 18.1. The second-order valence-corrected chi connectivity index (χ2v) is 6.12. The molecule has 0 radical (unpaired) electrons. The van der Waals surface area contributed by atoms with E-state index in [4.69, 9.17) is 9.47 Å². The van der Waals surface area contributed by atoms with Crippen molar-refractivity contribution in [1.29, 1.82) is 0 Å². The molecule has 0 saturated carbocycles. The standard InChI is InChI=1S/C19H24N4O3/c1-3-25-17-9-5-4-8-15(17)22-18(24)16-11-13(2)21-19(23-16)20-12-14-7-6-10-26-14/h4-5,8-9,11,14H,3,6-7,10,12H2,1-2H3,(H,22,24)(H,20,21,23). The van der Waals surface area contributed by atoms with E-state index in [0.29, 0.717) is 36.2 Å². The minimum atomic E-state index is -0.303. The summed E-state index contributed by atoms with van der Waals surface area (Å²) in [4.78, 5) is 21.3. The summed E-state index contributed by atoms with van der Waals surface area (Å²) in [6.45, 7) is 5.70. The summed E-state index contributed by atoms with van der Waals surface area (Å²) >= 11 is 0. The van der Waals surface area contributed by atoms with E-state index in [1.807, 2.05) is 32.0 Å². The van der Waals surface area contributed by atoms with Crippen LogP contribution < -0.4 is 15.4 Å². The molecule has 7 heteroatoms. The lowest BCUT2D eigenvalue weighted by molar-refractivity contribution is 0.102. The summed E-state index contributed by atoms with van der Waals surface area (Å²) in [5.74, 6) is 0.762. The molecule has 1 aliphatic rings. The number of aromatic nitrogens is 2. The lowest BCUT2D eigenvalue weighted by Gasteiger charge is -2.13. The minimum absolute atomic E-state index is 0.175. The van der Waals surface area contributed by atoms with Gasteiger partial charge in [-0.1, -0.05) is 12.1 Å². The SMILES string of the molecule is CCOc1ccccc1NC(=O)c1cc(C)nc(NCC2CCCO2)n1. The summed E-state index contributed by atoms with van der Waals surface area (Å²) in [7, 11) is 0. The number of para-hydroxylation sites is 2. The monoisotopic (exact) mass is 356 g/mol. The maximum absolute atomic E-state index is 12.6. The summed E-state index contributed by atoms with van der Waals surface area (Å²) < 4.78 is 11.1. The first-order chi connectivity index (χ1) is 12.7. The number of nitrogens with one attached hydrogen (secondary N) is 2. The first-order valence-electron chi connectivity index (χ1n) is 8.90. The van der Waals surface area contributed by atoms with Crippen LogP contribution in [0, 0.1) is 6.92 Å². The quantitative estimate of drug-likeness (QED) is 0.793. The molecule has 0 bridgehead atoms. The number of hydrogen-bond donors (Lipinski definition) is 2. The number of aryl methyl sites for hydroxylation is 1. The zero-order valence-electron chi connectivity index (χ0n) is 15.1. The van der Waals surface area contributed by atoms with Gasteiger partial charge in [0.1, 0.15) is 11.4 Å². The highest BCUT2D eigenvalue weighted by Crippen LogP contribution is 2.24. The van der Waals surface area contributed by atoms with Gasteiger partial charge in [-0.25, -0.2) is 9.97 Å². The van der Waals surface area contributed by atoms with Gasteiger partial charge in [0.25, 0.3) is 5.91 Å². The van der Waals surface area contributed by atoms with Crippen LogP contribution in [0.4, 0.5) is 11.6 Å². The van der Waals surface area contributed by atoms with Crippen LogP contribution in [0.15, 0.2) is 30.3 Å². The third-order valence-electron chi connectivity index (χ3n) is 4.03.